The van der Waals surface area contributed by atoms with Gasteiger partial charge in [0.2, 0.25) is 0 Å². The lowest BCUT2D eigenvalue weighted by Crippen LogP contribution is -2.08. The van der Waals surface area contributed by atoms with E-state index >= 15 is 0 Å². The lowest BCUT2D eigenvalue weighted by Gasteiger charge is -2.19. The molecule has 1 unspecified atom stereocenters. The van der Waals surface area contributed by atoms with Crippen molar-refractivity contribution in [3.8, 4) is 16.9 Å². The Balaban J connectivity index is 1.97. The fourth-order valence-corrected chi connectivity index (χ4v) is 3.23. The number of benzene rings is 2. The summed E-state index contributed by atoms with van der Waals surface area (Å²) in [5.74, 6) is -0.669. The molecule has 0 spiro atoms. The molecule has 2 aromatic carbocycles. The highest BCUT2D eigenvalue weighted by Crippen LogP contribution is 2.37. The van der Waals surface area contributed by atoms with E-state index in [1.807, 2.05) is 0 Å². The first-order valence-corrected chi connectivity index (χ1v) is 8.44. The number of nitrogens with two attached hydrogens (primary N) is 1. The molecule has 0 saturated heterocycles. The predicted molar refractivity (Wildman–Crippen MR) is 99.5 cm³/mol. The van der Waals surface area contributed by atoms with Gasteiger partial charge in [-0.15, -0.1) is 0 Å². The molecule has 3 aromatic rings. The normalized spacial score (nSPS) is 12.0. The average molecular weight is 395 g/mol. The predicted octanol–water partition coefficient (Wildman–Crippen LogP) is 6.06. The summed E-state index contributed by atoms with van der Waals surface area (Å²) < 4.78 is 33.6. The summed E-state index contributed by atoms with van der Waals surface area (Å²) in [5.41, 5.74) is 7.02. The highest BCUT2D eigenvalue weighted by Gasteiger charge is 2.20. The fraction of sp³-hybridized carbons (Fsp3) is 0.105. The zero-order valence-electron chi connectivity index (χ0n) is 13.6. The second-order valence-electron chi connectivity index (χ2n) is 5.60. The molecule has 0 radical (unpaired) electrons. The van der Waals surface area contributed by atoms with Crippen molar-refractivity contribution in [1.29, 1.82) is 0 Å². The Bertz CT molecular complexity index is 966. The standard InChI is InChI=1S/C19H14Cl2F2N2O/c1-10(17-13(20)6-7-15(23)18(17)21)26-16-8-11(9-25-19(16)24)12-4-2-3-5-14(12)22/h2-10H,1H3,(H2,24,25). The molecule has 26 heavy (non-hydrogen) atoms. The van der Waals surface area contributed by atoms with Gasteiger partial charge < -0.3 is 10.5 Å². The van der Waals surface area contributed by atoms with Crippen molar-refractivity contribution in [3.63, 3.8) is 0 Å². The van der Waals surface area contributed by atoms with Crippen LogP contribution in [0, 0.1) is 11.6 Å². The van der Waals surface area contributed by atoms with Crippen LogP contribution in [0.5, 0.6) is 5.75 Å². The maximum absolute atomic E-state index is 14.0. The van der Waals surface area contributed by atoms with Gasteiger partial charge >= 0.3 is 0 Å². The van der Waals surface area contributed by atoms with Crippen molar-refractivity contribution in [1.82, 2.24) is 4.98 Å². The van der Waals surface area contributed by atoms with Crippen molar-refractivity contribution in [3.05, 3.63) is 75.9 Å². The quantitative estimate of drug-likeness (QED) is 0.547. The fourth-order valence-electron chi connectivity index (χ4n) is 2.56. The van der Waals surface area contributed by atoms with Crippen molar-refractivity contribution in [2.75, 3.05) is 5.73 Å². The molecule has 0 bridgehead atoms. The van der Waals surface area contributed by atoms with Crippen molar-refractivity contribution >= 4 is 29.0 Å². The Morgan fingerprint density at radius 1 is 1.08 bits per heavy atom. The van der Waals surface area contributed by atoms with E-state index in [0.29, 0.717) is 16.7 Å². The lowest BCUT2D eigenvalue weighted by molar-refractivity contribution is 0.227. The molecule has 7 heteroatoms. The number of nitrogen functional groups attached to an aromatic ring is 1. The number of halogens is 4. The van der Waals surface area contributed by atoms with Gasteiger partial charge in [-0.25, -0.2) is 13.8 Å². The van der Waals surface area contributed by atoms with Crippen molar-refractivity contribution in [2.24, 2.45) is 0 Å². The molecule has 1 heterocycles. The van der Waals surface area contributed by atoms with Crippen LogP contribution in [0.15, 0.2) is 48.7 Å². The molecule has 0 aliphatic rings. The molecule has 3 rings (SSSR count). The summed E-state index contributed by atoms with van der Waals surface area (Å²) in [6, 6.07) is 10.4. The highest BCUT2D eigenvalue weighted by molar-refractivity contribution is 6.36. The summed E-state index contributed by atoms with van der Waals surface area (Å²) in [6.45, 7) is 1.65. The Morgan fingerprint density at radius 3 is 2.54 bits per heavy atom. The first-order chi connectivity index (χ1) is 12.4. The van der Waals surface area contributed by atoms with E-state index in [2.05, 4.69) is 4.98 Å². The highest BCUT2D eigenvalue weighted by atomic mass is 35.5. The van der Waals surface area contributed by atoms with E-state index in [9.17, 15) is 8.78 Å². The summed E-state index contributed by atoms with van der Waals surface area (Å²) in [5, 5.41) is 0.141. The van der Waals surface area contributed by atoms with E-state index in [-0.39, 0.29) is 21.6 Å². The van der Waals surface area contributed by atoms with Crippen LogP contribution >= 0.6 is 23.2 Å². The Labute approximate surface area is 159 Å². The Kier molecular flexibility index (Phi) is 5.30. The van der Waals surface area contributed by atoms with Crippen molar-refractivity contribution < 1.29 is 13.5 Å². The lowest BCUT2D eigenvalue weighted by atomic mass is 10.1. The number of nitrogens with zero attached hydrogens (tertiary/aromatic N) is 1. The van der Waals surface area contributed by atoms with E-state index in [1.54, 1.807) is 31.2 Å². The van der Waals surface area contributed by atoms with E-state index in [1.165, 1.54) is 24.4 Å². The number of ether oxygens (including phenoxy) is 1. The van der Waals surface area contributed by atoms with Gasteiger partial charge in [-0.3, -0.25) is 0 Å². The van der Waals surface area contributed by atoms with Crippen LogP contribution in [-0.2, 0) is 0 Å². The van der Waals surface area contributed by atoms with Gasteiger partial charge in [0.25, 0.3) is 0 Å². The summed E-state index contributed by atoms with van der Waals surface area (Å²) in [7, 11) is 0. The first kappa shape index (κ1) is 18.4. The average Bonchev–Trinajstić information content (AvgIpc) is 2.61. The summed E-state index contributed by atoms with van der Waals surface area (Å²) in [6.07, 6.45) is 0.749. The summed E-state index contributed by atoms with van der Waals surface area (Å²) >= 11 is 12.1. The van der Waals surface area contributed by atoms with Gasteiger partial charge in [-0.05, 0) is 31.2 Å². The molecule has 1 atom stereocenters. The summed E-state index contributed by atoms with van der Waals surface area (Å²) in [4.78, 5) is 4.05. The molecular weight excluding hydrogens is 381 g/mol. The topological polar surface area (TPSA) is 48.1 Å². The number of anilines is 1. The smallest absolute Gasteiger partial charge is 0.166 e. The van der Waals surface area contributed by atoms with Gasteiger partial charge in [0.05, 0.1) is 5.02 Å². The maximum atomic E-state index is 14.0. The number of rotatable bonds is 4. The van der Waals surface area contributed by atoms with Crippen molar-refractivity contribution in [2.45, 2.75) is 13.0 Å². The van der Waals surface area contributed by atoms with Crippen LogP contribution in [-0.4, -0.2) is 4.98 Å². The second kappa shape index (κ2) is 7.48. The van der Waals surface area contributed by atoms with Crippen LogP contribution in [0.2, 0.25) is 10.0 Å². The van der Waals surface area contributed by atoms with Gasteiger partial charge in [0.1, 0.15) is 17.7 Å². The second-order valence-corrected chi connectivity index (χ2v) is 6.39. The van der Waals surface area contributed by atoms with E-state index in [4.69, 9.17) is 33.7 Å². The number of aromatic nitrogens is 1. The molecule has 1 aromatic heterocycles. The van der Waals surface area contributed by atoms with E-state index in [0.717, 1.165) is 0 Å². The zero-order valence-corrected chi connectivity index (χ0v) is 15.2. The minimum atomic E-state index is -0.703. The monoisotopic (exact) mass is 394 g/mol. The van der Waals surface area contributed by atoms with Gasteiger partial charge in [-0.1, -0.05) is 41.4 Å². The molecule has 3 nitrogen and oxygen atoms in total. The SMILES string of the molecule is CC(Oc1cc(-c2ccccc2F)cnc1N)c1c(Cl)ccc(F)c1Cl. The Hall–Kier alpha value is -2.37. The molecule has 0 aliphatic carbocycles. The van der Waals surface area contributed by atoms with Crippen LogP contribution in [0.25, 0.3) is 11.1 Å². The van der Waals surface area contributed by atoms with Crippen LogP contribution in [0.4, 0.5) is 14.6 Å². The molecule has 0 saturated carbocycles. The molecule has 0 fully saturated rings. The van der Waals surface area contributed by atoms with E-state index < -0.39 is 17.7 Å². The minimum Gasteiger partial charge on any atom is -0.482 e. The first-order valence-electron chi connectivity index (χ1n) is 7.69. The molecular formula is C19H14Cl2F2N2O. The third-order valence-electron chi connectivity index (χ3n) is 3.86. The largest absolute Gasteiger partial charge is 0.482 e. The van der Waals surface area contributed by atoms with Crippen LogP contribution < -0.4 is 10.5 Å². The molecule has 0 amide bonds. The van der Waals surface area contributed by atoms with Crippen LogP contribution in [0.3, 0.4) is 0 Å². The van der Waals surface area contributed by atoms with Gasteiger partial charge in [0.15, 0.2) is 11.6 Å². The van der Waals surface area contributed by atoms with Gasteiger partial charge in [0, 0.05) is 27.9 Å². The van der Waals surface area contributed by atoms with Gasteiger partial charge in [-0.2, -0.15) is 0 Å². The molecule has 0 aliphatic heterocycles. The number of hydrogen-bond acceptors (Lipinski definition) is 3. The zero-order chi connectivity index (χ0) is 18.8. The number of pyridine rings is 1. The van der Waals surface area contributed by atoms with Crippen LogP contribution in [0.1, 0.15) is 18.6 Å². The Morgan fingerprint density at radius 2 is 1.81 bits per heavy atom. The third kappa shape index (κ3) is 3.59. The number of hydrogen-bond donors (Lipinski definition) is 1. The maximum Gasteiger partial charge on any atom is 0.166 e. The molecule has 2 N–H and O–H groups in total. The minimum absolute atomic E-state index is 0.112. The third-order valence-corrected chi connectivity index (χ3v) is 4.57. The molecule has 134 valence electrons.